The number of aromatic nitrogens is 2. The van der Waals surface area contributed by atoms with E-state index in [1.165, 1.54) is 24.4 Å². The molecule has 0 aliphatic heterocycles. The molecule has 11 heteroatoms. The summed E-state index contributed by atoms with van der Waals surface area (Å²) in [6.45, 7) is 2.44. The van der Waals surface area contributed by atoms with Crippen LogP contribution in [0.25, 0.3) is 11.4 Å². The molecule has 0 fully saturated rings. The zero-order valence-corrected chi connectivity index (χ0v) is 17.4. The Balaban J connectivity index is 2.08. The van der Waals surface area contributed by atoms with Crippen molar-refractivity contribution in [3.63, 3.8) is 0 Å². The van der Waals surface area contributed by atoms with Gasteiger partial charge >= 0.3 is 6.18 Å². The fourth-order valence-corrected chi connectivity index (χ4v) is 2.75. The van der Waals surface area contributed by atoms with Crippen LogP contribution in [-0.2, 0) is 0 Å². The predicted molar refractivity (Wildman–Crippen MR) is 108 cm³/mol. The van der Waals surface area contributed by atoms with Crippen LogP contribution in [0.2, 0.25) is 5.02 Å². The summed E-state index contributed by atoms with van der Waals surface area (Å²) in [4.78, 5) is 20.5. The Kier molecular flexibility index (Phi) is 6.63. The maximum atomic E-state index is 14.8. The van der Waals surface area contributed by atoms with Crippen LogP contribution in [0.5, 0.6) is 5.88 Å². The van der Waals surface area contributed by atoms with Gasteiger partial charge in [-0.15, -0.1) is 0 Å². The molecule has 5 nitrogen and oxygen atoms in total. The van der Waals surface area contributed by atoms with Crippen molar-refractivity contribution in [1.29, 1.82) is 0 Å². The van der Waals surface area contributed by atoms with E-state index in [-0.39, 0.29) is 10.7 Å². The second kappa shape index (κ2) is 9.07. The summed E-state index contributed by atoms with van der Waals surface area (Å²) in [5.41, 5.74) is -0.766. The van der Waals surface area contributed by atoms with Crippen LogP contribution < -0.4 is 10.1 Å². The molecule has 0 aliphatic rings. The first kappa shape index (κ1) is 23.4. The first-order chi connectivity index (χ1) is 15.0. The van der Waals surface area contributed by atoms with E-state index in [1.807, 2.05) is 0 Å². The molecule has 0 radical (unpaired) electrons. The van der Waals surface area contributed by atoms with Gasteiger partial charge in [0.2, 0.25) is 5.88 Å². The molecule has 0 spiro atoms. The van der Waals surface area contributed by atoms with Gasteiger partial charge in [-0.05, 0) is 43.7 Å². The van der Waals surface area contributed by atoms with Gasteiger partial charge < -0.3 is 10.1 Å². The second-order valence-corrected chi connectivity index (χ2v) is 7.15. The van der Waals surface area contributed by atoms with E-state index in [2.05, 4.69) is 15.3 Å². The fraction of sp³-hybridized carbons (Fsp3) is 0.190. The van der Waals surface area contributed by atoms with E-state index < -0.39 is 52.6 Å². The van der Waals surface area contributed by atoms with Crippen LogP contribution in [0.3, 0.4) is 0 Å². The molecular formula is C21H15ClF5N3O2. The van der Waals surface area contributed by atoms with Gasteiger partial charge in [0.15, 0.2) is 11.9 Å². The number of para-hydroxylation sites is 1. The van der Waals surface area contributed by atoms with Gasteiger partial charge in [-0.1, -0.05) is 23.7 Å². The Morgan fingerprint density at radius 2 is 1.88 bits per heavy atom. The van der Waals surface area contributed by atoms with Crippen molar-refractivity contribution in [3.05, 3.63) is 70.4 Å². The number of aryl methyl sites for hydroxylation is 1. The minimum Gasteiger partial charge on any atom is -0.464 e. The lowest BCUT2D eigenvalue weighted by atomic mass is 10.1. The van der Waals surface area contributed by atoms with Crippen molar-refractivity contribution in [2.24, 2.45) is 0 Å². The number of nitrogens with zero attached hydrogens (tertiary/aromatic N) is 2. The first-order valence-electron chi connectivity index (χ1n) is 9.09. The molecule has 0 saturated heterocycles. The molecule has 3 aromatic rings. The summed E-state index contributed by atoms with van der Waals surface area (Å²) in [5.74, 6) is -3.92. The van der Waals surface area contributed by atoms with Gasteiger partial charge in [-0.2, -0.15) is 13.2 Å². The Hall–Kier alpha value is -3.27. The quantitative estimate of drug-likeness (QED) is 0.466. The maximum Gasteiger partial charge on any atom is 0.425 e. The van der Waals surface area contributed by atoms with Crippen LogP contribution >= 0.6 is 11.6 Å². The highest BCUT2D eigenvalue weighted by atomic mass is 35.5. The number of nitrogens with one attached hydrogen (secondary N) is 1. The van der Waals surface area contributed by atoms with E-state index >= 15 is 0 Å². The summed E-state index contributed by atoms with van der Waals surface area (Å²) in [6, 6.07) is 7.24. The van der Waals surface area contributed by atoms with Crippen LogP contribution in [0.1, 0.15) is 22.8 Å². The van der Waals surface area contributed by atoms with Gasteiger partial charge in [-0.3, -0.25) is 9.78 Å². The van der Waals surface area contributed by atoms with E-state index in [4.69, 9.17) is 16.3 Å². The van der Waals surface area contributed by atoms with Crippen molar-refractivity contribution in [3.8, 4) is 17.3 Å². The molecule has 2 heterocycles. The van der Waals surface area contributed by atoms with Crippen molar-refractivity contribution in [1.82, 2.24) is 9.97 Å². The fourth-order valence-electron chi connectivity index (χ4n) is 2.54. The van der Waals surface area contributed by atoms with Gasteiger partial charge in [-0.25, -0.2) is 13.8 Å². The number of amides is 1. The molecule has 0 aliphatic carbocycles. The van der Waals surface area contributed by atoms with Gasteiger partial charge in [0.25, 0.3) is 5.91 Å². The second-order valence-electron chi connectivity index (χ2n) is 6.74. The zero-order chi connectivity index (χ0) is 23.6. The molecule has 0 unspecified atom stereocenters. The highest BCUT2D eigenvalue weighted by Crippen LogP contribution is 2.31. The standard InChI is InChI=1S/C21H15ClF5N3O2/c1-10-6-7-16(28-9-10)18-15(24)8-12(20(30-18)32-11(2)21(25,26)27)19(31)29-17-13(22)4-3-5-14(17)23/h3-9,11H,1-2H3,(H,29,31)/t11-/m0/s1. The van der Waals surface area contributed by atoms with Crippen molar-refractivity contribution in [2.45, 2.75) is 26.1 Å². The molecule has 168 valence electrons. The third-order valence-corrected chi connectivity index (χ3v) is 4.61. The summed E-state index contributed by atoms with van der Waals surface area (Å²) < 4.78 is 72.8. The van der Waals surface area contributed by atoms with Crippen LogP contribution in [0.15, 0.2) is 42.6 Å². The number of ether oxygens (including phenoxy) is 1. The minimum absolute atomic E-state index is 0.0155. The average Bonchev–Trinajstić information content (AvgIpc) is 2.71. The smallest absolute Gasteiger partial charge is 0.425 e. The maximum absolute atomic E-state index is 14.8. The van der Waals surface area contributed by atoms with Crippen LogP contribution in [-0.4, -0.2) is 28.2 Å². The predicted octanol–water partition coefficient (Wildman–Crippen LogP) is 5.97. The Morgan fingerprint density at radius 1 is 1.16 bits per heavy atom. The molecule has 0 bridgehead atoms. The average molecular weight is 472 g/mol. The molecule has 0 saturated carbocycles. The number of hydrogen-bond donors (Lipinski definition) is 1. The summed E-state index contributed by atoms with van der Waals surface area (Å²) >= 11 is 5.86. The van der Waals surface area contributed by atoms with E-state index in [0.717, 1.165) is 11.6 Å². The lowest BCUT2D eigenvalue weighted by Gasteiger charge is -2.19. The first-order valence-corrected chi connectivity index (χ1v) is 9.47. The van der Waals surface area contributed by atoms with E-state index in [1.54, 1.807) is 13.0 Å². The molecule has 1 aromatic carbocycles. The molecule has 3 rings (SSSR count). The number of anilines is 1. The minimum atomic E-state index is -4.79. The molecule has 32 heavy (non-hydrogen) atoms. The third kappa shape index (κ3) is 5.13. The number of alkyl halides is 3. The number of hydrogen-bond acceptors (Lipinski definition) is 4. The number of halogens is 6. The summed E-state index contributed by atoms with van der Waals surface area (Å²) in [7, 11) is 0. The molecule has 1 amide bonds. The molecule has 1 atom stereocenters. The van der Waals surface area contributed by atoms with Crippen molar-refractivity contribution >= 4 is 23.2 Å². The molecule has 2 aromatic heterocycles. The summed E-state index contributed by atoms with van der Waals surface area (Å²) in [6.07, 6.45) is -5.75. The molecular weight excluding hydrogens is 457 g/mol. The summed E-state index contributed by atoms with van der Waals surface area (Å²) in [5, 5.41) is 1.94. The van der Waals surface area contributed by atoms with E-state index in [0.29, 0.717) is 13.0 Å². The number of carbonyl (C=O) groups is 1. The Bertz CT molecular complexity index is 1130. The zero-order valence-electron chi connectivity index (χ0n) is 16.6. The number of pyridine rings is 2. The van der Waals surface area contributed by atoms with Gasteiger partial charge in [0.1, 0.15) is 17.1 Å². The number of carbonyl (C=O) groups excluding carboxylic acids is 1. The number of benzene rings is 1. The van der Waals surface area contributed by atoms with Crippen molar-refractivity contribution in [2.75, 3.05) is 5.32 Å². The number of rotatable bonds is 5. The lowest BCUT2D eigenvalue weighted by molar-refractivity contribution is -0.190. The monoisotopic (exact) mass is 471 g/mol. The highest BCUT2D eigenvalue weighted by Gasteiger charge is 2.39. The van der Waals surface area contributed by atoms with Crippen molar-refractivity contribution < 1.29 is 31.5 Å². The van der Waals surface area contributed by atoms with Crippen LogP contribution in [0.4, 0.5) is 27.6 Å². The highest BCUT2D eigenvalue weighted by molar-refractivity contribution is 6.34. The Morgan fingerprint density at radius 3 is 2.47 bits per heavy atom. The normalized spacial score (nSPS) is 12.4. The Labute approximate surface area is 184 Å². The SMILES string of the molecule is Cc1ccc(-c2nc(O[C@@H](C)C(F)(F)F)c(C(=O)Nc3c(F)cccc3Cl)cc2F)nc1. The third-order valence-electron chi connectivity index (χ3n) is 4.29. The topological polar surface area (TPSA) is 64.1 Å². The lowest BCUT2D eigenvalue weighted by Crippen LogP contribution is -2.32. The van der Waals surface area contributed by atoms with E-state index in [9.17, 15) is 26.7 Å². The largest absolute Gasteiger partial charge is 0.464 e. The van der Waals surface area contributed by atoms with Crippen LogP contribution in [0, 0.1) is 18.6 Å². The molecule has 1 N–H and O–H groups in total. The van der Waals surface area contributed by atoms with Gasteiger partial charge in [0, 0.05) is 6.20 Å². The van der Waals surface area contributed by atoms with Gasteiger partial charge in [0.05, 0.1) is 16.4 Å².